The van der Waals surface area contributed by atoms with E-state index in [0.717, 1.165) is 12.1 Å². The summed E-state index contributed by atoms with van der Waals surface area (Å²) in [5, 5.41) is 2.74. The van der Waals surface area contributed by atoms with Crippen molar-refractivity contribution < 1.29 is 14.0 Å². The first-order valence-electron chi connectivity index (χ1n) is 8.51. The predicted octanol–water partition coefficient (Wildman–Crippen LogP) is 3.06. The highest BCUT2D eigenvalue weighted by molar-refractivity contribution is 6.09. The van der Waals surface area contributed by atoms with Gasteiger partial charge in [0.15, 0.2) is 0 Å². The van der Waals surface area contributed by atoms with Gasteiger partial charge in [-0.25, -0.2) is 4.39 Å². The Balaban J connectivity index is 1.61. The first kappa shape index (κ1) is 17.1. The Labute approximate surface area is 146 Å². The number of amides is 2. The van der Waals surface area contributed by atoms with Crippen LogP contribution < -0.4 is 10.2 Å². The van der Waals surface area contributed by atoms with E-state index in [0.29, 0.717) is 18.5 Å². The van der Waals surface area contributed by atoms with E-state index in [9.17, 15) is 14.0 Å². The van der Waals surface area contributed by atoms with E-state index in [4.69, 9.17) is 0 Å². The molecule has 4 nitrogen and oxygen atoms in total. The molecular weight excluding hydrogens is 319 g/mol. The van der Waals surface area contributed by atoms with Gasteiger partial charge in [-0.05, 0) is 48.2 Å². The summed E-state index contributed by atoms with van der Waals surface area (Å²) in [5.41, 5.74) is 2.70. The maximum Gasteiger partial charge on any atom is 0.239 e. The summed E-state index contributed by atoms with van der Waals surface area (Å²) in [4.78, 5) is 26.6. The van der Waals surface area contributed by atoms with Crippen LogP contribution in [0.4, 0.5) is 10.1 Å². The van der Waals surface area contributed by atoms with Crippen molar-refractivity contribution in [1.29, 1.82) is 0 Å². The highest BCUT2D eigenvalue weighted by atomic mass is 19.1. The Bertz CT molecular complexity index is 774. The van der Waals surface area contributed by atoms with Gasteiger partial charge in [-0.3, -0.25) is 9.59 Å². The molecule has 5 heteroatoms. The van der Waals surface area contributed by atoms with Crippen molar-refractivity contribution in [3.8, 4) is 0 Å². The minimum Gasteiger partial charge on any atom is -0.351 e. The smallest absolute Gasteiger partial charge is 0.239 e. The van der Waals surface area contributed by atoms with E-state index in [1.54, 1.807) is 17.0 Å². The molecule has 3 rings (SSSR count). The maximum atomic E-state index is 13.2. The number of anilines is 1. The van der Waals surface area contributed by atoms with Crippen molar-refractivity contribution in [3.63, 3.8) is 0 Å². The SMILES string of the molecule is CCc1ccc(N2CC[C@H](C(=O)NCc3cccc(F)c3)C2=O)cc1. The third-order valence-corrected chi connectivity index (χ3v) is 4.53. The number of benzene rings is 2. The second-order valence-corrected chi connectivity index (χ2v) is 6.20. The lowest BCUT2D eigenvalue weighted by atomic mass is 10.1. The van der Waals surface area contributed by atoms with Crippen LogP contribution in [0, 0.1) is 11.7 Å². The summed E-state index contributed by atoms with van der Waals surface area (Å²) >= 11 is 0. The van der Waals surface area contributed by atoms with E-state index < -0.39 is 5.92 Å². The van der Waals surface area contributed by atoms with Gasteiger partial charge >= 0.3 is 0 Å². The molecule has 1 N–H and O–H groups in total. The lowest BCUT2D eigenvalue weighted by molar-refractivity contribution is -0.132. The van der Waals surface area contributed by atoms with Crippen LogP contribution in [0.15, 0.2) is 48.5 Å². The van der Waals surface area contributed by atoms with Crippen LogP contribution >= 0.6 is 0 Å². The molecule has 1 fully saturated rings. The molecule has 2 aromatic rings. The van der Waals surface area contributed by atoms with Crippen LogP contribution in [-0.2, 0) is 22.6 Å². The molecule has 1 aliphatic rings. The van der Waals surface area contributed by atoms with Gasteiger partial charge in [0.25, 0.3) is 0 Å². The lowest BCUT2D eigenvalue weighted by Gasteiger charge is -2.17. The van der Waals surface area contributed by atoms with Crippen molar-refractivity contribution in [3.05, 3.63) is 65.5 Å². The monoisotopic (exact) mass is 340 g/mol. The molecule has 0 unspecified atom stereocenters. The van der Waals surface area contributed by atoms with E-state index in [2.05, 4.69) is 12.2 Å². The van der Waals surface area contributed by atoms with E-state index in [1.165, 1.54) is 17.7 Å². The van der Waals surface area contributed by atoms with Gasteiger partial charge < -0.3 is 10.2 Å². The normalized spacial score (nSPS) is 17.0. The summed E-state index contributed by atoms with van der Waals surface area (Å²) in [7, 11) is 0. The average molecular weight is 340 g/mol. The molecule has 1 saturated heterocycles. The van der Waals surface area contributed by atoms with E-state index in [-0.39, 0.29) is 24.2 Å². The van der Waals surface area contributed by atoms with Crippen LogP contribution in [0.1, 0.15) is 24.5 Å². The molecular formula is C20H21FN2O2. The first-order chi connectivity index (χ1) is 12.1. The van der Waals surface area contributed by atoms with Crippen molar-refractivity contribution in [2.24, 2.45) is 5.92 Å². The molecule has 25 heavy (non-hydrogen) atoms. The predicted molar refractivity (Wildman–Crippen MR) is 94.5 cm³/mol. The Morgan fingerprint density at radius 2 is 1.96 bits per heavy atom. The van der Waals surface area contributed by atoms with Crippen LogP contribution in [0.2, 0.25) is 0 Å². The van der Waals surface area contributed by atoms with Crippen molar-refractivity contribution in [1.82, 2.24) is 5.32 Å². The van der Waals surface area contributed by atoms with Crippen LogP contribution in [0.5, 0.6) is 0 Å². The Morgan fingerprint density at radius 1 is 1.20 bits per heavy atom. The Morgan fingerprint density at radius 3 is 2.64 bits per heavy atom. The van der Waals surface area contributed by atoms with Gasteiger partial charge in [0.1, 0.15) is 11.7 Å². The summed E-state index contributed by atoms with van der Waals surface area (Å²) in [5.74, 6) is -1.51. The lowest BCUT2D eigenvalue weighted by Crippen LogP contribution is -2.36. The molecule has 1 aliphatic heterocycles. The second-order valence-electron chi connectivity index (χ2n) is 6.20. The van der Waals surface area contributed by atoms with Crippen molar-refractivity contribution >= 4 is 17.5 Å². The van der Waals surface area contributed by atoms with Gasteiger partial charge in [0, 0.05) is 18.8 Å². The number of nitrogens with one attached hydrogen (secondary N) is 1. The number of carbonyl (C=O) groups is 2. The molecule has 0 saturated carbocycles. The number of carbonyl (C=O) groups excluding carboxylic acids is 2. The quantitative estimate of drug-likeness (QED) is 0.851. The minimum absolute atomic E-state index is 0.180. The summed E-state index contributed by atoms with van der Waals surface area (Å²) in [6, 6.07) is 13.9. The van der Waals surface area contributed by atoms with Crippen molar-refractivity contribution in [2.45, 2.75) is 26.3 Å². The first-order valence-corrected chi connectivity index (χ1v) is 8.51. The largest absolute Gasteiger partial charge is 0.351 e. The fourth-order valence-corrected chi connectivity index (χ4v) is 3.05. The minimum atomic E-state index is -0.681. The fraction of sp³-hybridized carbons (Fsp3) is 0.300. The third kappa shape index (κ3) is 3.87. The molecule has 0 spiro atoms. The van der Waals surface area contributed by atoms with Crippen LogP contribution in [-0.4, -0.2) is 18.4 Å². The highest BCUT2D eigenvalue weighted by Gasteiger charge is 2.37. The molecule has 1 atom stereocenters. The average Bonchev–Trinajstić information content (AvgIpc) is 3.01. The van der Waals surface area contributed by atoms with E-state index in [1.807, 2.05) is 24.3 Å². The van der Waals surface area contributed by atoms with Gasteiger partial charge in [-0.15, -0.1) is 0 Å². The molecule has 2 amide bonds. The van der Waals surface area contributed by atoms with Crippen LogP contribution in [0.3, 0.4) is 0 Å². The van der Waals surface area contributed by atoms with Crippen LogP contribution in [0.25, 0.3) is 0 Å². The molecule has 130 valence electrons. The zero-order valence-corrected chi connectivity index (χ0v) is 14.2. The summed E-state index contributed by atoms with van der Waals surface area (Å²) < 4.78 is 13.2. The summed E-state index contributed by atoms with van der Waals surface area (Å²) in [6.07, 6.45) is 1.43. The molecule has 0 bridgehead atoms. The van der Waals surface area contributed by atoms with E-state index >= 15 is 0 Å². The molecule has 0 aromatic heterocycles. The third-order valence-electron chi connectivity index (χ3n) is 4.53. The maximum absolute atomic E-state index is 13.2. The standard InChI is InChI=1S/C20H21FN2O2/c1-2-14-6-8-17(9-7-14)23-11-10-18(20(23)25)19(24)22-13-15-4-3-5-16(21)12-15/h3-9,12,18H,2,10-11,13H2,1H3,(H,22,24)/t18-/m1/s1. The molecule has 1 heterocycles. The second kappa shape index (κ2) is 7.47. The number of rotatable bonds is 5. The topological polar surface area (TPSA) is 49.4 Å². The number of aryl methyl sites for hydroxylation is 1. The highest BCUT2D eigenvalue weighted by Crippen LogP contribution is 2.26. The van der Waals surface area contributed by atoms with Crippen molar-refractivity contribution in [2.75, 3.05) is 11.4 Å². The molecule has 2 aromatic carbocycles. The van der Waals surface area contributed by atoms with Gasteiger partial charge in [0.05, 0.1) is 0 Å². The Hall–Kier alpha value is -2.69. The Kier molecular flexibility index (Phi) is 5.12. The van der Waals surface area contributed by atoms with Gasteiger partial charge in [-0.2, -0.15) is 0 Å². The number of hydrogen-bond donors (Lipinski definition) is 1. The number of halogens is 1. The number of hydrogen-bond acceptors (Lipinski definition) is 2. The van der Waals surface area contributed by atoms with Gasteiger partial charge in [-0.1, -0.05) is 31.2 Å². The molecule has 0 aliphatic carbocycles. The summed E-state index contributed by atoms with van der Waals surface area (Å²) in [6.45, 7) is 2.82. The van der Waals surface area contributed by atoms with Gasteiger partial charge in [0.2, 0.25) is 11.8 Å². The molecule has 0 radical (unpaired) electrons. The zero-order valence-electron chi connectivity index (χ0n) is 14.2. The number of nitrogens with zero attached hydrogens (tertiary/aromatic N) is 1. The fourth-order valence-electron chi connectivity index (χ4n) is 3.05. The zero-order chi connectivity index (χ0) is 17.8.